The number of aryl methyl sites for hydroxylation is 3. The molecule has 4 aromatic rings. The molecule has 28 heavy (non-hydrogen) atoms. The number of carbonyl (C=O) groups excluding carboxylic acids is 1. The second kappa shape index (κ2) is 7.59. The Morgan fingerprint density at radius 2 is 1.39 bits per heavy atom. The Balaban J connectivity index is 1.87. The minimum atomic E-state index is 0.269. The second-order valence-electron chi connectivity index (χ2n) is 7.85. The van der Waals surface area contributed by atoms with Crippen molar-refractivity contribution in [2.45, 2.75) is 40.0 Å². The Bertz CT molecular complexity index is 1180. The van der Waals surface area contributed by atoms with Crippen molar-refractivity contribution in [3.8, 4) is 11.1 Å². The van der Waals surface area contributed by atoms with Crippen LogP contribution in [0.15, 0.2) is 66.7 Å². The minimum absolute atomic E-state index is 0.269. The van der Waals surface area contributed by atoms with Crippen LogP contribution in [0.5, 0.6) is 0 Å². The molecule has 4 aromatic carbocycles. The van der Waals surface area contributed by atoms with Crippen LogP contribution in [0.3, 0.4) is 0 Å². The van der Waals surface area contributed by atoms with Crippen molar-refractivity contribution in [1.29, 1.82) is 0 Å². The SMILES string of the molecule is CC(=O)CCCc1ccc2c(-c3c(C)ccc4ccccc34)c(C)ccc2c1. The van der Waals surface area contributed by atoms with Gasteiger partial charge in [-0.25, -0.2) is 0 Å². The standard InChI is InChI=1S/C27H26O/c1-18-11-14-22-9-4-5-10-24(22)26(18)27-19(2)12-15-23-17-21(13-16-25(23)27)8-6-7-20(3)28/h4-5,9-17H,6-8H2,1-3H3. The van der Waals surface area contributed by atoms with Crippen LogP contribution < -0.4 is 0 Å². The fourth-order valence-corrected chi connectivity index (χ4v) is 4.23. The summed E-state index contributed by atoms with van der Waals surface area (Å²) in [5, 5.41) is 5.16. The Morgan fingerprint density at radius 1 is 0.750 bits per heavy atom. The highest BCUT2D eigenvalue weighted by Gasteiger charge is 2.13. The largest absolute Gasteiger partial charge is 0.300 e. The molecular weight excluding hydrogens is 340 g/mol. The molecule has 0 saturated heterocycles. The molecular formula is C27H26O. The quantitative estimate of drug-likeness (QED) is 0.365. The van der Waals surface area contributed by atoms with Crippen LogP contribution in [0.25, 0.3) is 32.7 Å². The first kappa shape index (κ1) is 18.4. The fourth-order valence-electron chi connectivity index (χ4n) is 4.23. The first-order valence-electron chi connectivity index (χ1n) is 10.0. The summed E-state index contributed by atoms with van der Waals surface area (Å²) in [5.74, 6) is 0.269. The smallest absolute Gasteiger partial charge is 0.129 e. The van der Waals surface area contributed by atoms with E-state index in [-0.39, 0.29) is 5.78 Å². The van der Waals surface area contributed by atoms with Gasteiger partial charge < -0.3 is 4.79 Å². The number of rotatable bonds is 5. The lowest BCUT2D eigenvalue weighted by atomic mass is 9.87. The molecule has 1 heteroatoms. The summed E-state index contributed by atoms with van der Waals surface area (Å²) in [5.41, 5.74) is 6.59. The van der Waals surface area contributed by atoms with Crippen molar-refractivity contribution in [3.63, 3.8) is 0 Å². The van der Waals surface area contributed by atoms with Crippen molar-refractivity contribution < 1.29 is 4.79 Å². The Hall–Kier alpha value is -2.93. The van der Waals surface area contributed by atoms with Gasteiger partial charge in [0.2, 0.25) is 0 Å². The third-order valence-corrected chi connectivity index (χ3v) is 5.67. The first-order valence-corrected chi connectivity index (χ1v) is 10.0. The summed E-state index contributed by atoms with van der Waals surface area (Å²) in [7, 11) is 0. The summed E-state index contributed by atoms with van der Waals surface area (Å²) < 4.78 is 0. The monoisotopic (exact) mass is 366 g/mol. The normalized spacial score (nSPS) is 11.2. The average Bonchev–Trinajstić information content (AvgIpc) is 2.68. The number of Topliss-reactive ketones (excluding diaryl/α,β-unsaturated/α-hetero) is 1. The molecule has 0 fully saturated rings. The molecule has 0 aliphatic carbocycles. The zero-order valence-corrected chi connectivity index (χ0v) is 16.9. The molecule has 140 valence electrons. The third kappa shape index (κ3) is 3.45. The van der Waals surface area contributed by atoms with Gasteiger partial charge in [0.15, 0.2) is 0 Å². The van der Waals surface area contributed by atoms with Crippen LogP contribution >= 0.6 is 0 Å². The van der Waals surface area contributed by atoms with E-state index in [1.165, 1.54) is 49.4 Å². The molecule has 0 aliphatic heterocycles. The van der Waals surface area contributed by atoms with E-state index in [0.717, 1.165) is 12.8 Å². The number of fused-ring (bicyclic) bond motifs is 2. The van der Waals surface area contributed by atoms with Crippen molar-refractivity contribution >= 4 is 27.3 Å². The van der Waals surface area contributed by atoms with E-state index in [1.54, 1.807) is 6.92 Å². The van der Waals surface area contributed by atoms with E-state index in [1.807, 2.05) is 0 Å². The van der Waals surface area contributed by atoms with Gasteiger partial charge in [0.25, 0.3) is 0 Å². The molecule has 4 rings (SSSR count). The van der Waals surface area contributed by atoms with Crippen LogP contribution in [0, 0.1) is 13.8 Å². The zero-order chi connectivity index (χ0) is 19.7. The molecule has 0 amide bonds. The van der Waals surface area contributed by atoms with Crippen LogP contribution in [0.1, 0.15) is 36.5 Å². The fraction of sp³-hybridized carbons (Fsp3) is 0.222. The Morgan fingerprint density at radius 3 is 2.11 bits per heavy atom. The molecule has 0 unspecified atom stereocenters. The molecule has 0 aliphatic rings. The van der Waals surface area contributed by atoms with Crippen LogP contribution in [0.4, 0.5) is 0 Å². The van der Waals surface area contributed by atoms with Crippen molar-refractivity contribution in [3.05, 3.63) is 83.4 Å². The number of hydrogen-bond donors (Lipinski definition) is 0. The second-order valence-corrected chi connectivity index (χ2v) is 7.85. The first-order chi connectivity index (χ1) is 13.5. The van der Waals surface area contributed by atoms with Gasteiger partial charge in [-0.1, -0.05) is 66.7 Å². The lowest BCUT2D eigenvalue weighted by molar-refractivity contribution is -0.117. The van der Waals surface area contributed by atoms with Gasteiger partial charge in [-0.05, 0) is 83.0 Å². The van der Waals surface area contributed by atoms with Gasteiger partial charge in [-0.15, -0.1) is 0 Å². The molecule has 0 atom stereocenters. The van der Waals surface area contributed by atoms with E-state index >= 15 is 0 Å². The van der Waals surface area contributed by atoms with Gasteiger partial charge >= 0.3 is 0 Å². The van der Waals surface area contributed by atoms with E-state index in [4.69, 9.17) is 0 Å². The summed E-state index contributed by atoms with van der Waals surface area (Å²) in [6.45, 7) is 6.08. The highest BCUT2D eigenvalue weighted by atomic mass is 16.1. The number of benzene rings is 4. The molecule has 0 spiro atoms. The molecule has 1 nitrogen and oxygen atoms in total. The van der Waals surface area contributed by atoms with E-state index in [2.05, 4.69) is 80.6 Å². The van der Waals surface area contributed by atoms with Gasteiger partial charge in [-0.3, -0.25) is 0 Å². The molecule has 0 heterocycles. The predicted molar refractivity (Wildman–Crippen MR) is 120 cm³/mol. The summed E-state index contributed by atoms with van der Waals surface area (Å²) >= 11 is 0. The van der Waals surface area contributed by atoms with Crippen molar-refractivity contribution in [2.24, 2.45) is 0 Å². The van der Waals surface area contributed by atoms with Gasteiger partial charge in [0, 0.05) is 6.42 Å². The highest BCUT2D eigenvalue weighted by Crippen LogP contribution is 2.38. The zero-order valence-electron chi connectivity index (χ0n) is 16.9. The summed E-state index contributed by atoms with van der Waals surface area (Å²) in [4.78, 5) is 11.2. The van der Waals surface area contributed by atoms with Crippen LogP contribution in [-0.4, -0.2) is 5.78 Å². The van der Waals surface area contributed by atoms with Crippen LogP contribution in [0.2, 0.25) is 0 Å². The van der Waals surface area contributed by atoms with Gasteiger partial charge in [-0.2, -0.15) is 0 Å². The lowest BCUT2D eigenvalue weighted by Crippen LogP contribution is -1.94. The maximum atomic E-state index is 11.2. The maximum absolute atomic E-state index is 11.2. The molecule has 0 saturated carbocycles. The van der Waals surface area contributed by atoms with Crippen LogP contribution in [-0.2, 0) is 11.2 Å². The highest BCUT2D eigenvalue weighted by molar-refractivity contribution is 6.07. The molecule has 0 aromatic heterocycles. The third-order valence-electron chi connectivity index (χ3n) is 5.67. The van der Waals surface area contributed by atoms with Crippen molar-refractivity contribution in [1.82, 2.24) is 0 Å². The summed E-state index contributed by atoms with van der Waals surface area (Å²) in [6.07, 6.45) is 2.53. The minimum Gasteiger partial charge on any atom is -0.300 e. The lowest BCUT2D eigenvalue weighted by Gasteiger charge is -2.17. The predicted octanol–water partition coefficient (Wildman–Crippen LogP) is 7.19. The Labute approximate surface area is 167 Å². The van der Waals surface area contributed by atoms with E-state index in [9.17, 15) is 4.79 Å². The van der Waals surface area contributed by atoms with Gasteiger partial charge in [0.1, 0.15) is 5.78 Å². The molecule has 0 radical (unpaired) electrons. The maximum Gasteiger partial charge on any atom is 0.129 e. The number of carbonyl (C=O) groups is 1. The topological polar surface area (TPSA) is 17.1 Å². The van der Waals surface area contributed by atoms with Gasteiger partial charge in [0.05, 0.1) is 0 Å². The molecule has 0 N–H and O–H groups in total. The Kier molecular flexibility index (Phi) is 5.00. The number of ketones is 1. The number of hydrogen-bond acceptors (Lipinski definition) is 1. The van der Waals surface area contributed by atoms with E-state index < -0.39 is 0 Å². The van der Waals surface area contributed by atoms with E-state index in [0.29, 0.717) is 6.42 Å². The average molecular weight is 367 g/mol. The van der Waals surface area contributed by atoms with Crippen molar-refractivity contribution in [2.75, 3.05) is 0 Å². The molecule has 0 bridgehead atoms. The summed E-state index contributed by atoms with van der Waals surface area (Å²) in [6, 6.07) is 24.3.